The topological polar surface area (TPSA) is 37.3 Å². The Labute approximate surface area is 145 Å². The molecule has 24 heavy (non-hydrogen) atoms. The summed E-state index contributed by atoms with van der Waals surface area (Å²) < 4.78 is 0. The number of fused-ring (bicyclic) bond motifs is 5. The van der Waals surface area contributed by atoms with Crippen LogP contribution in [0.4, 0.5) is 0 Å². The molecular formula is C22H28O2. The number of allylic oxidation sites excluding steroid dienone is 2. The van der Waals surface area contributed by atoms with Crippen LogP contribution in [0.5, 0.6) is 5.75 Å². The average molecular weight is 324 g/mol. The molecular weight excluding hydrogens is 296 g/mol. The van der Waals surface area contributed by atoms with Gasteiger partial charge in [-0.05, 0) is 79.0 Å². The number of carbonyl (C=O) groups is 1. The Balaban J connectivity index is 1.79. The first-order chi connectivity index (χ1) is 11.5. The lowest BCUT2D eigenvalue weighted by Gasteiger charge is -2.51. The van der Waals surface area contributed by atoms with Crippen LogP contribution in [0.15, 0.2) is 30.4 Å². The number of ketones is 1. The maximum atomic E-state index is 12.7. The molecule has 0 saturated heterocycles. The van der Waals surface area contributed by atoms with Gasteiger partial charge in [0.2, 0.25) is 0 Å². The number of aryl methyl sites for hydroxylation is 1. The van der Waals surface area contributed by atoms with Crippen LogP contribution in [0, 0.1) is 23.2 Å². The molecule has 3 aliphatic rings. The highest BCUT2D eigenvalue weighted by Gasteiger charge is 2.57. The van der Waals surface area contributed by atoms with Crippen molar-refractivity contribution in [3.63, 3.8) is 0 Å². The number of phenols is 1. The highest BCUT2D eigenvalue weighted by atomic mass is 16.3. The minimum atomic E-state index is -0.113. The summed E-state index contributed by atoms with van der Waals surface area (Å²) in [5, 5.41) is 9.86. The fourth-order valence-corrected chi connectivity index (χ4v) is 6.03. The molecule has 1 N–H and O–H groups in total. The van der Waals surface area contributed by atoms with Crippen molar-refractivity contribution in [2.24, 2.45) is 23.2 Å². The molecule has 2 fully saturated rings. The number of phenolic OH excluding ortho intramolecular Hbond substituents is 1. The minimum Gasteiger partial charge on any atom is -0.508 e. The summed E-state index contributed by atoms with van der Waals surface area (Å²) in [6.45, 7) is 4.41. The van der Waals surface area contributed by atoms with Crippen LogP contribution in [-0.4, -0.2) is 10.9 Å². The molecule has 0 spiro atoms. The first-order valence-electron chi connectivity index (χ1n) is 9.56. The van der Waals surface area contributed by atoms with Gasteiger partial charge in [-0.15, -0.1) is 0 Å². The largest absolute Gasteiger partial charge is 0.508 e. The molecule has 2 heteroatoms. The molecule has 0 radical (unpaired) electrons. The lowest BCUT2D eigenvalue weighted by Crippen LogP contribution is -2.46. The lowest BCUT2D eigenvalue weighted by molar-refractivity contribution is -0.130. The van der Waals surface area contributed by atoms with Crippen LogP contribution < -0.4 is 0 Å². The van der Waals surface area contributed by atoms with Crippen molar-refractivity contribution >= 4 is 5.78 Å². The van der Waals surface area contributed by atoms with Gasteiger partial charge in [-0.25, -0.2) is 0 Å². The van der Waals surface area contributed by atoms with Crippen molar-refractivity contribution in [2.75, 3.05) is 0 Å². The second kappa shape index (κ2) is 5.75. The van der Waals surface area contributed by atoms with Gasteiger partial charge in [0.05, 0.1) is 0 Å². The van der Waals surface area contributed by atoms with Crippen molar-refractivity contribution in [1.82, 2.24) is 0 Å². The van der Waals surface area contributed by atoms with E-state index in [1.807, 2.05) is 12.1 Å². The summed E-state index contributed by atoms with van der Waals surface area (Å²) >= 11 is 0. The molecule has 3 aliphatic carbocycles. The molecule has 0 bridgehead atoms. The Bertz CT molecular complexity index is 689. The number of hydrogen-bond donors (Lipinski definition) is 1. The quantitative estimate of drug-likeness (QED) is 0.776. The highest BCUT2D eigenvalue weighted by molar-refractivity contribution is 5.87. The zero-order chi connectivity index (χ0) is 16.9. The highest BCUT2D eigenvalue weighted by Crippen LogP contribution is 2.61. The molecule has 5 atom stereocenters. The fraction of sp³-hybridized carbons (Fsp3) is 0.591. The monoisotopic (exact) mass is 324 g/mol. The number of Topliss-reactive ketones (excluding diaryl/α,β-unsaturated/α-hetero) is 1. The Hall–Kier alpha value is -1.57. The van der Waals surface area contributed by atoms with Crippen LogP contribution in [0.2, 0.25) is 0 Å². The molecule has 1 aromatic rings. The number of hydrogen-bond acceptors (Lipinski definition) is 2. The standard InChI is InChI=1S/C22H28O2/c1-3-4-5-15-13-22(2)19(10-11-20(22)24)18-8-6-14-12-16(23)7-9-17(14)21(15)18/h4-5,7,9,12,15,18-19,21,23H,3,6,8,10-11,13H2,1-2H3/b5-4+/t15?,18-,19-,21+,22-/m0/s1. The van der Waals surface area contributed by atoms with Gasteiger partial charge in [0, 0.05) is 11.8 Å². The van der Waals surface area contributed by atoms with Crippen LogP contribution in [-0.2, 0) is 11.2 Å². The molecule has 128 valence electrons. The molecule has 2 saturated carbocycles. The van der Waals surface area contributed by atoms with Crippen LogP contribution >= 0.6 is 0 Å². The maximum absolute atomic E-state index is 12.7. The second-order valence-corrected chi connectivity index (χ2v) is 8.30. The third-order valence-electron chi connectivity index (χ3n) is 7.09. The Morgan fingerprint density at radius 3 is 2.92 bits per heavy atom. The normalized spacial score (nSPS) is 38.0. The van der Waals surface area contributed by atoms with Crippen molar-refractivity contribution in [3.8, 4) is 5.75 Å². The second-order valence-electron chi connectivity index (χ2n) is 8.30. The molecule has 0 heterocycles. The number of benzene rings is 1. The van der Waals surface area contributed by atoms with Gasteiger partial charge >= 0.3 is 0 Å². The van der Waals surface area contributed by atoms with Gasteiger partial charge in [0.25, 0.3) is 0 Å². The predicted octanol–water partition coefficient (Wildman–Crippen LogP) is 5.01. The maximum Gasteiger partial charge on any atom is 0.139 e. The van der Waals surface area contributed by atoms with E-state index in [1.165, 1.54) is 11.1 Å². The zero-order valence-corrected chi connectivity index (χ0v) is 14.8. The number of rotatable bonds is 2. The van der Waals surface area contributed by atoms with Crippen molar-refractivity contribution in [2.45, 2.75) is 58.3 Å². The van der Waals surface area contributed by atoms with E-state index in [2.05, 4.69) is 32.1 Å². The smallest absolute Gasteiger partial charge is 0.139 e. The van der Waals surface area contributed by atoms with Gasteiger partial charge < -0.3 is 5.11 Å². The van der Waals surface area contributed by atoms with Crippen LogP contribution in [0.3, 0.4) is 0 Å². The first-order valence-corrected chi connectivity index (χ1v) is 9.56. The molecule has 4 rings (SSSR count). The SMILES string of the molecule is CC/C=C/C1C[C@]2(C)C(=O)CC[C@H]2[C@@H]2CCc3cc(O)ccc3[C@@H]12. The van der Waals surface area contributed by atoms with E-state index in [4.69, 9.17) is 0 Å². The predicted molar refractivity (Wildman–Crippen MR) is 96.0 cm³/mol. The first kappa shape index (κ1) is 15.9. The van der Waals surface area contributed by atoms with E-state index in [0.29, 0.717) is 35.2 Å². The molecule has 2 nitrogen and oxygen atoms in total. The summed E-state index contributed by atoms with van der Waals surface area (Å²) in [4.78, 5) is 12.7. The Kier molecular flexibility index (Phi) is 3.82. The van der Waals surface area contributed by atoms with Crippen molar-refractivity contribution in [1.29, 1.82) is 0 Å². The zero-order valence-electron chi connectivity index (χ0n) is 14.8. The third-order valence-corrected chi connectivity index (χ3v) is 7.09. The van der Waals surface area contributed by atoms with E-state index in [9.17, 15) is 9.90 Å². The van der Waals surface area contributed by atoms with Crippen LogP contribution in [0.1, 0.15) is 63.0 Å². The summed E-state index contributed by atoms with van der Waals surface area (Å²) in [5.74, 6) is 2.99. The summed E-state index contributed by atoms with van der Waals surface area (Å²) in [5.41, 5.74) is 2.63. The fourth-order valence-electron chi connectivity index (χ4n) is 6.03. The Morgan fingerprint density at radius 2 is 2.12 bits per heavy atom. The number of carbonyl (C=O) groups excluding carboxylic acids is 1. The van der Waals surface area contributed by atoms with Gasteiger partial charge in [-0.3, -0.25) is 4.79 Å². The average Bonchev–Trinajstić information content (AvgIpc) is 2.87. The summed E-state index contributed by atoms with van der Waals surface area (Å²) in [6, 6.07) is 5.95. The van der Waals surface area contributed by atoms with E-state index >= 15 is 0 Å². The van der Waals surface area contributed by atoms with Crippen molar-refractivity contribution < 1.29 is 9.90 Å². The molecule has 0 aliphatic heterocycles. The van der Waals surface area contributed by atoms with E-state index in [0.717, 1.165) is 38.5 Å². The van der Waals surface area contributed by atoms with E-state index < -0.39 is 0 Å². The molecule has 1 aromatic carbocycles. The lowest BCUT2D eigenvalue weighted by atomic mass is 9.52. The number of aromatic hydroxyl groups is 1. The summed E-state index contributed by atoms with van der Waals surface area (Å²) in [6.07, 6.45) is 10.7. The van der Waals surface area contributed by atoms with E-state index in [1.54, 1.807) is 0 Å². The van der Waals surface area contributed by atoms with E-state index in [-0.39, 0.29) is 5.41 Å². The molecule has 0 amide bonds. The molecule has 0 aromatic heterocycles. The van der Waals surface area contributed by atoms with Gasteiger partial charge in [0.1, 0.15) is 11.5 Å². The van der Waals surface area contributed by atoms with Crippen LogP contribution in [0.25, 0.3) is 0 Å². The van der Waals surface area contributed by atoms with Gasteiger partial charge in [0.15, 0.2) is 0 Å². The Morgan fingerprint density at radius 1 is 1.29 bits per heavy atom. The van der Waals surface area contributed by atoms with Gasteiger partial charge in [-0.2, -0.15) is 0 Å². The summed E-state index contributed by atoms with van der Waals surface area (Å²) in [7, 11) is 0. The van der Waals surface area contributed by atoms with Gasteiger partial charge in [-0.1, -0.05) is 32.1 Å². The third kappa shape index (κ3) is 2.26. The molecule has 1 unspecified atom stereocenters. The minimum absolute atomic E-state index is 0.113. The van der Waals surface area contributed by atoms with Crippen molar-refractivity contribution in [3.05, 3.63) is 41.5 Å².